The van der Waals surface area contributed by atoms with Gasteiger partial charge in [0, 0.05) is 23.1 Å². The molecule has 3 aromatic rings. The van der Waals surface area contributed by atoms with Gasteiger partial charge in [-0.15, -0.1) is 0 Å². The van der Waals surface area contributed by atoms with Gasteiger partial charge in [-0.3, -0.25) is 14.2 Å². The van der Waals surface area contributed by atoms with Gasteiger partial charge in [-0.1, -0.05) is 28.1 Å². The third kappa shape index (κ3) is 3.65. The Hall–Kier alpha value is -2.47. The van der Waals surface area contributed by atoms with Gasteiger partial charge < -0.3 is 5.32 Å². The molecular weight excluding hydrogens is 358 g/mol. The standard InChI is InChI=1S/C17H14BrN3O2/c18-12-5-7-13(8-6-12)20-16(22)9-10-21-11-19-15-4-2-1-3-14(15)17(21)23/h1-8,11H,9-10H2,(H,20,22). The predicted molar refractivity (Wildman–Crippen MR) is 93.4 cm³/mol. The number of nitrogens with one attached hydrogen (secondary N) is 1. The van der Waals surface area contributed by atoms with Crippen molar-refractivity contribution in [2.45, 2.75) is 13.0 Å². The lowest BCUT2D eigenvalue weighted by atomic mass is 10.2. The van der Waals surface area contributed by atoms with Gasteiger partial charge in [-0.2, -0.15) is 0 Å². The second-order valence-electron chi connectivity index (χ2n) is 5.07. The Morgan fingerprint density at radius 3 is 2.65 bits per heavy atom. The number of carbonyl (C=O) groups is 1. The lowest BCUT2D eigenvalue weighted by molar-refractivity contribution is -0.116. The van der Waals surface area contributed by atoms with Crippen molar-refractivity contribution in [3.05, 3.63) is 69.7 Å². The summed E-state index contributed by atoms with van der Waals surface area (Å²) in [6, 6.07) is 14.5. The lowest BCUT2D eigenvalue weighted by Gasteiger charge is -2.08. The number of benzene rings is 2. The van der Waals surface area contributed by atoms with E-state index < -0.39 is 0 Å². The Bertz CT molecular complexity index is 904. The molecule has 3 rings (SSSR count). The maximum Gasteiger partial charge on any atom is 0.261 e. The predicted octanol–water partition coefficient (Wildman–Crippen LogP) is 3.19. The first-order valence-electron chi connectivity index (χ1n) is 7.13. The van der Waals surface area contributed by atoms with Gasteiger partial charge in [0.2, 0.25) is 5.91 Å². The highest BCUT2D eigenvalue weighted by molar-refractivity contribution is 9.10. The van der Waals surface area contributed by atoms with E-state index in [-0.39, 0.29) is 17.9 Å². The van der Waals surface area contributed by atoms with Crippen molar-refractivity contribution in [3.8, 4) is 0 Å². The first-order valence-corrected chi connectivity index (χ1v) is 7.92. The summed E-state index contributed by atoms with van der Waals surface area (Å²) < 4.78 is 2.41. The van der Waals surface area contributed by atoms with Crippen LogP contribution in [0.3, 0.4) is 0 Å². The topological polar surface area (TPSA) is 64.0 Å². The first kappa shape index (κ1) is 15.4. The summed E-state index contributed by atoms with van der Waals surface area (Å²) in [5.41, 5.74) is 1.25. The molecular formula is C17H14BrN3O2. The van der Waals surface area contributed by atoms with E-state index in [0.717, 1.165) is 10.2 Å². The minimum absolute atomic E-state index is 0.132. The largest absolute Gasteiger partial charge is 0.326 e. The molecule has 0 aliphatic carbocycles. The van der Waals surface area contributed by atoms with Crippen LogP contribution in [0.4, 0.5) is 5.69 Å². The van der Waals surface area contributed by atoms with Gasteiger partial charge in [0.25, 0.3) is 5.56 Å². The Labute approximate surface area is 141 Å². The SMILES string of the molecule is O=C(CCn1cnc2ccccc2c1=O)Nc1ccc(Br)cc1. The van der Waals surface area contributed by atoms with Gasteiger partial charge in [-0.05, 0) is 36.4 Å². The second kappa shape index (κ2) is 6.75. The van der Waals surface area contributed by atoms with Crippen LogP contribution < -0.4 is 10.9 Å². The van der Waals surface area contributed by atoms with Gasteiger partial charge in [-0.25, -0.2) is 4.98 Å². The van der Waals surface area contributed by atoms with Crippen LogP contribution in [-0.4, -0.2) is 15.5 Å². The number of nitrogens with zero attached hydrogens (tertiary/aromatic N) is 2. The van der Waals surface area contributed by atoms with Crippen LogP contribution >= 0.6 is 15.9 Å². The van der Waals surface area contributed by atoms with E-state index in [1.54, 1.807) is 18.2 Å². The minimum atomic E-state index is -0.146. The average Bonchev–Trinajstić information content (AvgIpc) is 2.57. The van der Waals surface area contributed by atoms with Crippen LogP contribution in [0.1, 0.15) is 6.42 Å². The van der Waals surface area contributed by atoms with Crippen LogP contribution in [-0.2, 0) is 11.3 Å². The van der Waals surface area contributed by atoms with Crippen LogP contribution in [0.25, 0.3) is 10.9 Å². The fourth-order valence-electron chi connectivity index (χ4n) is 2.24. The Balaban J connectivity index is 1.68. The molecule has 1 N–H and O–H groups in total. The van der Waals surface area contributed by atoms with E-state index >= 15 is 0 Å². The number of amides is 1. The van der Waals surface area contributed by atoms with Gasteiger partial charge in [0.05, 0.1) is 17.2 Å². The molecule has 0 saturated carbocycles. The molecule has 5 nitrogen and oxygen atoms in total. The fraction of sp³-hybridized carbons (Fsp3) is 0.118. The number of hydrogen-bond acceptors (Lipinski definition) is 3. The van der Waals surface area contributed by atoms with Gasteiger partial charge >= 0.3 is 0 Å². The van der Waals surface area contributed by atoms with E-state index in [9.17, 15) is 9.59 Å². The number of hydrogen-bond donors (Lipinski definition) is 1. The molecule has 0 radical (unpaired) electrons. The van der Waals surface area contributed by atoms with E-state index in [4.69, 9.17) is 0 Å². The highest BCUT2D eigenvalue weighted by Gasteiger charge is 2.06. The molecule has 0 fully saturated rings. The third-order valence-corrected chi connectivity index (χ3v) is 3.97. The lowest BCUT2D eigenvalue weighted by Crippen LogP contribution is -2.23. The van der Waals surface area contributed by atoms with Crippen molar-refractivity contribution in [1.82, 2.24) is 9.55 Å². The Kier molecular flexibility index (Phi) is 4.52. The zero-order chi connectivity index (χ0) is 16.2. The van der Waals surface area contributed by atoms with E-state index in [1.165, 1.54) is 10.9 Å². The number of fused-ring (bicyclic) bond motifs is 1. The molecule has 0 aliphatic heterocycles. The molecule has 116 valence electrons. The number of aromatic nitrogens is 2. The third-order valence-electron chi connectivity index (χ3n) is 3.44. The monoisotopic (exact) mass is 371 g/mol. The average molecular weight is 372 g/mol. The molecule has 6 heteroatoms. The summed E-state index contributed by atoms with van der Waals surface area (Å²) in [6.07, 6.45) is 1.69. The summed E-state index contributed by atoms with van der Waals surface area (Å²) >= 11 is 3.34. The highest BCUT2D eigenvalue weighted by Crippen LogP contribution is 2.14. The number of anilines is 1. The van der Waals surface area contributed by atoms with E-state index in [2.05, 4.69) is 26.2 Å². The smallest absolute Gasteiger partial charge is 0.261 e. The van der Waals surface area contributed by atoms with Gasteiger partial charge in [0.15, 0.2) is 0 Å². The number of halogens is 1. The quantitative estimate of drug-likeness (QED) is 0.765. The molecule has 1 aromatic heterocycles. The maximum atomic E-state index is 12.3. The number of para-hydroxylation sites is 1. The van der Waals surface area contributed by atoms with Crippen LogP contribution in [0.15, 0.2) is 64.1 Å². The van der Waals surface area contributed by atoms with Crippen molar-refractivity contribution >= 4 is 38.4 Å². The van der Waals surface area contributed by atoms with Crippen molar-refractivity contribution < 1.29 is 4.79 Å². The molecule has 0 aliphatic rings. The molecule has 0 saturated heterocycles. The zero-order valence-corrected chi connectivity index (χ0v) is 13.8. The van der Waals surface area contributed by atoms with Crippen molar-refractivity contribution in [2.24, 2.45) is 0 Å². The summed E-state index contributed by atoms with van der Waals surface area (Å²) in [5, 5.41) is 3.36. The molecule has 23 heavy (non-hydrogen) atoms. The zero-order valence-electron chi connectivity index (χ0n) is 12.2. The molecule has 0 spiro atoms. The summed E-state index contributed by atoms with van der Waals surface area (Å²) in [6.45, 7) is 0.291. The van der Waals surface area contributed by atoms with E-state index in [1.807, 2.05) is 30.3 Å². The molecule has 1 amide bonds. The fourth-order valence-corrected chi connectivity index (χ4v) is 2.51. The molecule has 2 aromatic carbocycles. The number of aryl methyl sites for hydroxylation is 1. The minimum Gasteiger partial charge on any atom is -0.326 e. The van der Waals surface area contributed by atoms with Crippen molar-refractivity contribution in [1.29, 1.82) is 0 Å². The van der Waals surface area contributed by atoms with Gasteiger partial charge in [0.1, 0.15) is 0 Å². The molecule has 0 atom stereocenters. The second-order valence-corrected chi connectivity index (χ2v) is 5.98. The molecule has 0 unspecified atom stereocenters. The summed E-state index contributed by atoms with van der Waals surface area (Å²) in [7, 11) is 0. The first-order chi connectivity index (χ1) is 11.1. The number of rotatable bonds is 4. The van der Waals surface area contributed by atoms with Crippen molar-refractivity contribution in [2.75, 3.05) is 5.32 Å². The maximum absolute atomic E-state index is 12.3. The molecule has 1 heterocycles. The molecule has 0 bridgehead atoms. The van der Waals surface area contributed by atoms with E-state index in [0.29, 0.717) is 17.4 Å². The highest BCUT2D eigenvalue weighted by atomic mass is 79.9. The van der Waals surface area contributed by atoms with Crippen LogP contribution in [0, 0.1) is 0 Å². The van der Waals surface area contributed by atoms with Crippen LogP contribution in [0.5, 0.6) is 0 Å². The Morgan fingerprint density at radius 2 is 1.87 bits per heavy atom. The number of carbonyl (C=O) groups excluding carboxylic acids is 1. The van der Waals surface area contributed by atoms with Crippen LogP contribution in [0.2, 0.25) is 0 Å². The summed E-state index contributed by atoms with van der Waals surface area (Å²) in [4.78, 5) is 28.5. The van der Waals surface area contributed by atoms with Crippen molar-refractivity contribution in [3.63, 3.8) is 0 Å². The summed E-state index contributed by atoms with van der Waals surface area (Å²) in [5.74, 6) is -0.146. The Morgan fingerprint density at radius 1 is 1.13 bits per heavy atom. The normalized spacial score (nSPS) is 10.7.